The molecule has 0 unspecified atom stereocenters. The fraction of sp³-hybridized carbons (Fsp3) is 0.364. The number of ether oxygens (including phenoxy) is 1. The van der Waals surface area contributed by atoms with Crippen molar-refractivity contribution in [3.63, 3.8) is 0 Å². The van der Waals surface area contributed by atoms with Crippen LogP contribution in [0.25, 0.3) is 0 Å². The highest BCUT2D eigenvalue weighted by atomic mass is 16.6. The molecule has 0 N–H and O–H groups in total. The molecule has 2 saturated heterocycles. The first kappa shape index (κ1) is 19.9. The molecule has 1 amide bonds. The van der Waals surface area contributed by atoms with Gasteiger partial charge in [-0.15, -0.1) is 0 Å². The van der Waals surface area contributed by atoms with Crippen LogP contribution in [0.3, 0.4) is 0 Å². The Morgan fingerprint density at radius 1 is 1.10 bits per heavy atom. The molecule has 0 aliphatic carbocycles. The quantitative estimate of drug-likeness (QED) is 0.557. The number of amides is 1. The molecule has 30 heavy (non-hydrogen) atoms. The second kappa shape index (κ2) is 8.13. The Kier molecular flexibility index (Phi) is 5.38. The zero-order chi connectivity index (χ0) is 21.1. The van der Waals surface area contributed by atoms with Crippen molar-refractivity contribution in [2.24, 2.45) is 0 Å². The van der Waals surface area contributed by atoms with Crippen LogP contribution < -0.4 is 0 Å². The van der Waals surface area contributed by atoms with Crippen molar-refractivity contribution in [3.8, 4) is 6.07 Å². The Labute approximate surface area is 174 Å². The van der Waals surface area contributed by atoms with Gasteiger partial charge in [-0.3, -0.25) is 19.9 Å². The van der Waals surface area contributed by atoms with Crippen molar-refractivity contribution in [2.75, 3.05) is 19.6 Å². The van der Waals surface area contributed by atoms with Crippen LogP contribution in [0.2, 0.25) is 0 Å². The molecule has 4 rings (SSSR count). The van der Waals surface area contributed by atoms with E-state index in [-0.39, 0.29) is 16.7 Å². The molecule has 2 aliphatic rings. The van der Waals surface area contributed by atoms with E-state index >= 15 is 0 Å². The van der Waals surface area contributed by atoms with Gasteiger partial charge >= 0.3 is 6.09 Å². The van der Waals surface area contributed by atoms with Crippen LogP contribution in [0.1, 0.15) is 29.5 Å². The summed E-state index contributed by atoms with van der Waals surface area (Å²) in [6, 6.07) is 16.0. The van der Waals surface area contributed by atoms with E-state index in [0.29, 0.717) is 25.2 Å². The largest absolute Gasteiger partial charge is 0.441 e. The van der Waals surface area contributed by atoms with E-state index in [2.05, 4.69) is 11.0 Å². The second-order valence-corrected chi connectivity index (χ2v) is 7.92. The Morgan fingerprint density at radius 2 is 1.83 bits per heavy atom. The molecule has 2 aromatic carbocycles. The zero-order valence-corrected chi connectivity index (χ0v) is 16.5. The first-order valence-corrected chi connectivity index (χ1v) is 9.89. The molecule has 0 bridgehead atoms. The number of nitro benzene ring substituents is 1. The molecule has 0 atom stereocenters. The smallest absolute Gasteiger partial charge is 0.410 e. The molecule has 154 valence electrons. The van der Waals surface area contributed by atoms with Crippen molar-refractivity contribution < 1.29 is 14.5 Å². The molecule has 0 radical (unpaired) electrons. The van der Waals surface area contributed by atoms with Gasteiger partial charge in [0, 0.05) is 51.2 Å². The topological polar surface area (TPSA) is 99.7 Å². The second-order valence-electron chi connectivity index (χ2n) is 7.92. The summed E-state index contributed by atoms with van der Waals surface area (Å²) in [7, 11) is 0. The van der Waals surface area contributed by atoms with Crippen LogP contribution in [0.4, 0.5) is 10.5 Å². The average Bonchev–Trinajstić information content (AvgIpc) is 3.05. The first-order valence-electron chi connectivity index (χ1n) is 9.89. The van der Waals surface area contributed by atoms with Crippen molar-refractivity contribution in [1.82, 2.24) is 9.80 Å². The third-order valence-corrected chi connectivity index (χ3v) is 5.79. The minimum absolute atomic E-state index is 0.101. The highest BCUT2D eigenvalue weighted by molar-refractivity contribution is 5.70. The van der Waals surface area contributed by atoms with Gasteiger partial charge in [0.25, 0.3) is 5.69 Å². The van der Waals surface area contributed by atoms with Gasteiger partial charge in [-0.2, -0.15) is 5.26 Å². The maximum Gasteiger partial charge on any atom is 0.410 e. The van der Waals surface area contributed by atoms with Crippen LogP contribution in [-0.4, -0.2) is 46.1 Å². The average molecular weight is 406 g/mol. The molecule has 8 nitrogen and oxygen atoms in total. The van der Waals surface area contributed by atoms with Crippen LogP contribution in [0, 0.1) is 21.4 Å². The van der Waals surface area contributed by atoms with Gasteiger partial charge in [0.15, 0.2) is 0 Å². The monoisotopic (exact) mass is 406 g/mol. The normalized spacial score (nSPS) is 18.2. The molecular weight excluding hydrogens is 384 g/mol. The number of carbonyl (C=O) groups is 1. The number of carbonyl (C=O) groups excluding carboxylic acids is 1. The summed E-state index contributed by atoms with van der Waals surface area (Å²) in [5.41, 5.74) is 2.10. The number of nitriles is 1. The number of hydrogen-bond acceptors (Lipinski definition) is 6. The van der Waals surface area contributed by atoms with Crippen molar-refractivity contribution in [3.05, 3.63) is 75.3 Å². The lowest BCUT2D eigenvalue weighted by atomic mass is 9.91. The van der Waals surface area contributed by atoms with E-state index in [9.17, 15) is 14.9 Å². The molecule has 0 saturated carbocycles. The van der Waals surface area contributed by atoms with E-state index in [4.69, 9.17) is 10.00 Å². The van der Waals surface area contributed by atoms with Crippen LogP contribution in [0.15, 0.2) is 48.5 Å². The van der Waals surface area contributed by atoms with Gasteiger partial charge < -0.3 is 4.74 Å². The zero-order valence-electron chi connectivity index (χ0n) is 16.5. The van der Waals surface area contributed by atoms with Gasteiger partial charge in [-0.25, -0.2) is 4.79 Å². The lowest BCUT2D eigenvalue weighted by Gasteiger charge is -2.37. The van der Waals surface area contributed by atoms with Gasteiger partial charge in [0.2, 0.25) is 0 Å². The predicted octanol–water partition coefficient (Wildman–Crippen LogP) is 3.45. The van der Waals surface area contributed by atoms with Gasteiger partial charge in [0.1, 0.15) is 5.60 Å². The SMILES string of the molecule is N#Cc1ccc(CN2CC3(CCN(Cc4cccc([N+](=O)[O-])c4)CC3)OC2=O)cc1. The Bertz CT molecular complexity index is 991. The standard InChI is InChI=1S/C22H22N4O4/c23-13-17-4-6-18(7-5-17)15-25-16-22(30-21(25)27)8-10-24(11-9-22)14-19-2-1-3-20(12-19)26(28)29/h1-7,12H,8-11,14-16H2. The fourth-order valence-corrected chi connectivity index (χ4v) is 4.13. The van der Waals surface area contributed by atoms with Gasteiger partial charge in [-0.1, -0.05) is 24.3 Å². The number of nitrogens with zero attached hydrogens (tertiary/aromatic N) is 4. The minimum Gasteiger partial charge on any atom is -0.441 e. The third kappa shape index (κ3) is 4.26. The lowest BCUT2D eigenvalue weighted by Crippen LogP contribution is -2.46. The maximum atomic E-state index is 12.4. The third-order valence-electron chi connectivity index (χ3n) is 5.79. The number of benzene rings is 2. The molecule has 2 fully saturated rings. The molecular formula is C22H22N4O4. The Hall–Kier alpha value is -3.44. The number of rotatable bonds is 5. The van der Waals surface area contributed by atoms with E-state index in [1.54, 1.807) is 29.2 Å². The summed E-state index contributed by atoms with van der Waals surface area (Å²) in [5.74, 6) is 0. The number of hydrogen-bond donors (Lipinski definition) is 0. The summed E-state index contributed by atoms with van der Waals surface area (Å²) >= 11 is 0. The summed E-state index contributed by atoms with van der Waals surface area (Å²) < 4.78 is 5.79. The summed E-state index contributed by atoms with van der Waals surface area (Å²) in [6.07, 6.45) is 1.17. The molecule has 8 heteroatoms. The number of nitro groups is 1. The highest BCUT2D eigenvalue weighted by Crippen LogP contribution is 2.34. The molecule has 2 aliphatic heterocycles. The number of non-ortho nitro benzene ring substituents is 1. The summed E-state index contributed by atoms with van der Waals surface area (Å²) in [4.78, 5) is 27.0. The molecule has 0 aromatic heterocycles. The maximum absolute atomic E-state index is 12.4. The highest BCUT2D eigenvalue weighted by Gasteiger charge is 2.46. The first-order chi connectivity index (χ1) is 14.5. The van der Waals surface area contributed by atoms with E-state index in [1.165, 1.54) is 6.07 Å². The summed E-state index contributed by atoms with van der Waals surface area (Å²) in [6.45, 7) is 3.18. The summed E-state index contributed by atoms with van der Waals surface area (Å²) in [5, 5.41) is 19.9. The molecule has 1 spiro atoms. The van der Waals surface area contributed by atoms with Gasteiger partial charge in [-0.05, 0) is 23.3 Å². The Morgan fingerprint density at radius 3 is 2.50 bits per heavy atom. The van der Waals surface area contributed by atoms with Crippen molar-refractivity contribution in [1.29, 1.82) is 5.26 Å². The van der Waals surface area contributed by atoms with E-state index < -0.39 is 5.60 Å². The molecule has 2 heterocycles. The van der Waals surface area contributed by atoms with Crippen molar-refractivity contribution in [2.45, 2.75) is 31.5 Å². The van der Waals surface area contributed by atoms with Crippen molar-refractivity contribution >= 4 is 11.8 Å². The van der Waals surface area contributed by atoms with Crippen LogP contribution in [-0.2, 0) is 17.8 Å². The van der Waals surface area contributed by atoms with Crippen LogP contribution >= 0.6 is 0 Å². The number of likely N-dealkylation sites (tertiary alicyclic amines) is 1. The Balaban J connectivity index is 1.34. The molecule has 2 aromatic rings. The van der Waals surface area contributed by atoms with E-state index in [0.717, 1.165) is 37.1 Å². The van der Waals surface area contributed by atoms with Gasteiger partial charge in [0.05, 0.1) is 23.1 Å². The van der Waals surface area contributed by atoms with E-state index in [1.807, 2.05) is 18.2 Å². The number of piperidine rings is 1. The fourth-order valence-electron chi connectivity index (χ4n) is 4.13. The van der Waals surface area contributed by atoms with Crippen LogP contribution in [0.5, 0.6) is 0 Å². The lowest BCUT2D eigenvalue weighted by molar-refractivity contribution is -0.384. The minimum atomic E-state index is -0.469. The predicted molar refractivity (Wildman–Crippen MR) is 108 cm³/mol.